The van der Waals surface area contributed by atoms with Crippen LogP contribution >= 0.6 is 11.6 Å². The summed E-state index contributed by atoms with van der Waals surface area (Å²) >= 11 is 5.74. The summed E-state index contributed by atoms with van der Waals surface area (Å²) in [6.07, 6.45) is 0.163. The number of nitrogens with one attached hydrogen (secondary N) is 2. The Morgan fingerprint density at radius 3 is 2.74 bits per heavy atom. The molecule has 7 nitrogen and oxygen atoms in total. The minimum atomic E-state index is -0.712. The molecular formula is C22H24ClFN4O3. The van der Waals surface area contributed by atoms with E-state index in [1.807, 2.05) is 0 Å². The normalized spacial score (nSPS) is 16.9. The standard InChI is InChI=1S/C22H24ClFN4O3/c1-13-10-20(29)25-18-6-4-5-7-19(18)28(13)21(30)12-27(3)14(2)22(31)26-17-9-8-15(23)11-16(17)24/h4-9,11,13-14H,10,12H2,1-3H3,(H,25,29)(H,26,31)/t13-,14-/m1/s1. The number of hydrogen-bond acceptors (Lipinski definition) is 4. The minimum Gasteiger partial charge on any atom is -0.324 e. The fourth-order valence-corrected chi connectivity index (χ4v) is 3.58. The molecule has 1 aliphatic heterocycles. The van der Waals surface area contributed by atoms with E-state index in [-0.39, 0.29) is 41.5 Å². The zero-order chi connectivity index (χ0) is 22.7. The number of amides is 3. The summed E-state index contributed by atoms with van der Waals surface area (Å²) in [5.74, 6) is -1.52. The number of rotatable bonds is 5. The molecule has 0 unspecified atom stereocenters. The number of carbonyl (C=O) groups excluding carboxylic acids is 3. The van der Waals surface area contributed by atoms with Gasteiger partial charge in [-0.3, -0.25) is 19.3 Å². The van der Waals surface area contributed by atoms with E-state index < -0.39 is 17.8 Å². The molecule has 0 aliphatic carbocycles. The molecule has 9 heteroatoms. The van der Waals surface area contributed by atoms with Gasteiger partial charge in [0.2, 0.25) is 17.7 Å². The van der Waals surface area contributed by atoms with Crippen molar-refractivity contribution in [3.05, 3.63) is 53.3 Å². The molecule has 3 amide bonds. The summed E-state index contributed by atoms with van der Waals surface area (Å²) in [4.78, 5) is 41.0. The molecule has 1 aliphatic rings. The third-order valence-corrected chi connectivity index (χ3v) is 5.48. The lowest BCUT2D eigenvalue weighted by molar-refractivity contribution is -0.123. The summed E-state index contributed by atoms with van der Waals surface area (Å²) < 4.78 is 14.0. The Kier molecular flexibility index (Phi) is 6.92. The first kappa shape index (κ1) is 22.7. The number of benzene rings is 2. The molecule has 0 aromatic heterocycles. The van der Waals surface area contributed by atoms with E-state index in [1.165, 1.54) is 12.1 Å². The lowest BCUT2D eigenvalue weighted by Crippen LogP contribution is -2.48. The Balaban J connectivity index is 1.71. The van der Waals surface area contributed by atoms with Gasteiger partial charge in [-0.05, 0) is 51.2 Å². The highest BCUT2D eigenvalue weighted by molar-refractivity contribution is 6.30. The van der Waals surface area contributed by atoms with Gasteiger partial charge in [0.25, 0.3) is 0 Å². The first-order valence-corrected chi connectivity index (χ1v) is 10.2. The van der Waals surface area contributed by atoms with E-state index in [9.17, 15) is 18.8 Å². The molecule has 31 heavy (non-hydrogen) atoms. The summed E-state index contributed by atoms with van der Waals surface area (Å²) in [6, 6.07) is 10.0. The van der Waals surface area contributed by atoms with Crippen molar-refractivity contribution in [1.82, 2.24) is 4.90 Å². The quantitative estimate of drug-likeness (QED) is 0.736. The van der Waals surface area contributed by atoms with Crippen LogP contribution in [0.25, 0.3) is 0 Å². The van der Waals surface area contributed by atoms with Crippen molar-refractivity contribution in [2.75, 3.05) is 29.1 Å². The van der Waals surface area contributed by atoms with Crippen molar-refractivity contribution >= 4 is 46.4 Å². The largest absolute Gasteiger partial charge is 0.324 e. The van der Waals surface area contributed by atoms with Gasteiger partial charge in [-0.1, -0.05) is 23.7 Å². The van der Waals surface area contributed by atoms with E-state index in [4.69, 9.17) is 11.6 Å². The summed E-state index contributed by atoms with van der Waals surface area (Å²) in [7, 11) is 1.64. The van der Waals surface area contributed by atoms with Crippen LogP contribution in [0.2, 0.25) is 5.02 Å². The van der Waals surface area contributed by atoms with Crippen molar-refractivity contribution < 1.29 is 18.8 Å². The number of nitrogens with zero attached hydrogens (tertiary/aromatic N) is 2. The van der Waals surface area contributed by atoms with Crippen LogP contribution in [-0.2, 0) is 14.4 Å². The van der Waals surface area contributed by atoms with Gasteiger partial charge in [-0.2, -0.15) is 0 Å². The summed E-state index contributed by atoms with van der Waals surface area (Å²) in [5, 5.41) is 5.56. The second-order valence-corrected chi connectivity index (χ2v) is 8.02. The second kappa shape index (κ2) is 9.45. The average Bonchev–Trinajstić information content (AvgIpc) is 2.83. The summed E-state index contributed by atoms with van der Waals surface area (Å²) in [6.45, 7) is 3.37. The van der Waals surface area contributed by atoms with Gasteiger partial charge in [0.15, 0.2) is 0 Å². The smallest absolute Gasteiger partial charge is 0.241 e. The number of para-hydroxylation sites is 2. The molecule has 164 valence electrons. The molecule has 2 aromatic rings. The van der Waals surface area contributed by atoms with Gasteiger partial charge >= 0.3 is 0 Å². The van der Waals surface area contributed by atoms with E-state index >= 15 is 0 Å². The van der Waals surface area contributed by atoms with E-state index in [0.29, 0.717) is 11.4 Å². The van der Waals surface area contributed by atoms with Crippen molar-refractivity contribution in [3.8, 4) is 0 Å². The molecule has 2 aromatic carbocycles. The molecule has 2 atom stereocenters. The number of carbonyl (C=O) groups is 3. The molecule has 3 rings (SSSR count). The maximum Gasteiger partial charge on any atom is 0.241 e. The highest BCUT2D eigenvalue weighted by Gasteiger charge is 2.31. The predicted molar refractivity (Wildman–Crippen MR) is 119 cm³/mol. The number of anilines is 3. The third kappa shape index (κ3) is 5.21. The van der Waals surface area contributed by atoms with E-state index in [0.717, 1.165) is 6.07 Å². The molecule has 0 spiro atoms. The number of fused-ring (bicyclic) bond motifs is 1. The monoisotopic (exact) mass is 446 g/mol. The Hall–Kier alpha value is -2.97. The predicted octanol–water partition coefficient (Wildman–Crippen LogP) is 3.50. The third-order valence-electron chi connectivity index (χ3n) is 5.24. The highest BCUT2D eigenvalue weighted by atomic mass is 35.5. The van der Waals surface area contributed by atoms with Crippen LogP contribution in [0.1, 0.15) is 20.3 Å². The fraction of sp³-hybridized carbons (Fsp3) is 0.318. The molecule has 0 radical (unpaired) electrons. The van der Waals surface area contributed by atoms with Gasteiger partial charge in [-0.15, -0.1) is 0 Å². The molecule has 0 fully saturated rings. The van der Waals surface area contributed by atoms with Crippen LogP contribution in [0.4, 0.5) is 21.5 Å². The zero-order valence-corrected chi connectivity index (χ0v) is 18.2. The van der Waals surface area contributed by atoms with E-state index in [1.54, 1.807) is 55.0 Å². The maximum absolute atomic E-state index is 14.0. The van der Waals surface area contributed by atoms with Crippen LogP contribution in [0.5, 0.6) is 0 Å². The van der Waals surface area contributed by atoms with Crippen molar-refractivity contribution in [2.45, 2.75) is 32.4 Å². The molecular weight excluding hydrogens is 423 g/mol. The molecule has 0 bridgehead atoms. The minimum absolute atomic E-state index is 0.0145. The van der Waals surface area contributed by atoms with Crippen molar-refractivity contribution in [3.63, 3.8) is 0 Å². The first-order valence-electron chi connectivity index (χ1n) is 9.84. The van der Waals surface area contributed by atoms with Gasteiger partial charge in [0, 0.05) is 17.5 Å². The van der Waals surface area contributed by atoms with Gasteiger partial charge in [-0.25, -0.2) is 4.39 Å². The lowest BCUT2D eigenvalue weighted by Gasteiger charge is -2.31. The van der Waals surface area contributed by atoms with Crippen molar-refractivity contribution in [1.29, 1.82) is 0 Å². The van der Waals surface area contributed by atoms with Crippen LogP contribution in [-0.4, -0.2) is 48.3 Å². The van der Waals surface area contributed by atoms with Crippen LogP contribution in [0.3, 0.4) is 0 Å². The van der Waals surface area contributed by atoms with Crippen LogP contribution in [0, 0.1) is 5.82 Å². The summed E-state index contributed by atoms with van der Waals surface area (Å²) in [5.41, 5.74) is 1.19. The topological polar surface area (TPSA) is 81.8 Å². The number of halogens is 2. The van der Waals surface area contributed by atoms with Crippen molar-refractivity contribution in [2.24, 2.45) is 0 Å². The highest BCUT2D eigenvalue weighted by Crippen LogP contribution is 2.31. The second-order valence-electron chi connectivity index (χ2n) is 7.59. The van der Waals surface area contributed by atoms with E-state index in [2.05, 4.69) is 10.6 Å². The lowest BCUT2D eigenvalue weighted by atomic mass is 10.1. The fourth-order valence-electron chi connectivity index (χ4n) is 3.42. The number of hydrogen-bond donors (Lipinski definition) is 2. The molecule has 0 saturated carbocycles. The SMILES string of the molecule is C[C@H](C(=O)Nc1ccc(Cl)cc1F)N(C)CC(=O)N1c2ccccc2NC(=O)C[C@H]1C. The molecule has 1 heterocycles. The van der Waals surface area contributed by atoms with Gasteiger partial charge < -0.3 is 15.5 Å². The van der Waals surface area contributed by atoms with Crippen LogP contribution in [0.15, 0.2) is 42.5 Å². The maximum atomic E-state index is 14.0. The van der Waals surface area contributed by atoms with Gasteiger partial charge in [0.1, 0.15) is 5.82 Å². The Bertz CT molecular complexity index is 1020. The van der Waals surface area contributed by atoms with Crippen LogP contribution < -0.4 is 15.5 Å². The molecule has 2 N–H and O–H groups in total. The average molecular weight is 447 g/mol. The Labute approximate surface area is 185 Å². The first-order chi connectivity index (χ1) is 14.7. The Morgan fingerprint density at radius 2 is 2.03 bits per heavy atom. The number of likely N-dealkylation sites (N-methyl/N-ethyl adjacent to an activating group) is 1. The Morgan fingerprint density at radius 1 is 1.32 bits per heavy atom. The molecule has 0 saturated heterocycles. The zero-order valence-electron chi connectivity index (χ0n) is 17.5. The van der Waals surface area contributed by atoms with Gasteiger partial charge in [0.05, 0.1) is 29.6 Å².